The van der Waals surface area contributed by atoms with Crippen molar-refractivity contribution in [3.05, 3.63) is 88.4 Å². The molecule has 0 unspecified atom stereocenters. The van der Waals surface area contributed by atoms with Gasteiger partial charge in [0.25, 0.3) is 15.9 Å². The number of sulfonamides is 1. The maximum atomic E-state index is 12.7. The highest BCUT2D eigenvalue weighted by Gasteiger charge is 2.19. The Morgan fingerprint density at radius 1 is 1.00 bits per heavy atom. The van der Waals surface area contributed by atoms with Gasteiger partial charge in [0, 0.05) is 5.69 Å². The molecule has 34 heavy (non-hydrogen) atoms. The summed E-state index contributed by atoms with van der Waals surface area (Å²) in [6, 6.07) is 18.7. The average molecular weight is 501 g/mol. The van der Waals surface area contributed by atoms with Crippen LogP contribution < -0.4 is 14.8 Å². The van der Waals surface area contributed by atoms with Crippen LogP contribution in [-0.4, -0.2) is 27.5 Å². The van der Waals surface area contributed by atoms with Gasteiger partial charge in [-0.25, -0.2) is 8.42 Å². The summed E-state index contributed by atoms with van der Waals surface area (Å²) in [7, 11) is -3.80. The molecule has 180 valence electrons. The number of carbonyl (C=O) groups is 1. The topological polar surface area (TPSA) is 84.5 Å². The fraction of sp³-hybridized carbons (Fsp3) is 0.269. The molecule has 0 spiro atoms. The van der Waals surface area contributed by atoms with E-state index in [1.807, 2.05) is 31.2 Å². The Kier molecular flexibility index (Phi) is 7.89. The van der Waals surface area contributed by atoms with Crippen molar-refractivity contribution in [2.24, 2.45) is 0 Å². The van der Waals surface area contributed by atoms with Gasteiger partial charge in [0.2, 0.25) is 0 Å². The summed E-state index contributed by atoms with van der Waals surface area (Å²) in [6.45, 7) is 8.74. The van der Waals surface area contributed by atoms with Gasteiger partial charge in [-0.1, -0.05) is 68.3 Å². The van der Waals surface area contributed by atoms with Gasteiger partial charge in [0.05, 0.1) is 22.0 Å². The minimum atomic E-state index is -3.80. The molecule has 0 fully saturated rings. The van der Waals surface area contributed by atoms with Crippen LogP contribution in [0.25, 0.3) is 0 Å². The summed E-state index contributed by atoms with van der Waals surface area (Å²) in [6.07, 6.45) is 0. The second-order valence-electron chi connectivity index (χ2n) is 8.96. The van der Waals surface area contributed by atoms with Crippen LogP contribution in [-0.2, 0) is 15.4 Å². The molecule has 0 bridgehead atoms. The Balaban J connectivity index is 1.64. The van der Waals surface area contributed by atoms with Crippen molar-refractivity contribution in [2.45, 2.75) is 38.0 Å². The van der Waals surface area contributed by atoms with Gasteiger partial charge in [0.1, 0.15) is 12.4 Å². The zero-order valence-electron chi connectivity index (χ0n) is 19.7. The van der Waals surface area contributed by atoms with Crippen molar-refractivity contribution in [1.82, 2.24) is 5.32 Å². The summed E-state index contributed by atoms with van der Waals surface area (Å²) in [5.41, 5.74) is 2.37. The third-order valence-corrected chi connectivity index (χ3v) is 6.86. The first-order valence-electron chi connectivity index (χ1n) is 10.9. The predicted molar refractivity (Wildman–Crippen MR) is 136 cm³/mol. The molecule has 1 amide bonds. The highest BCUT2D eigenvalue weighted by Crippen LogP contribution is 2.30. The van der Waals surface area contributed by atoms with Crippen LogP contribution in [0.1, 0.15) is 42.3 Å². The number of carbonyl (C=O) groups excluding carboxylic acids is 1. The maximum Gasteiger partial charge on any atom is 0.261 e. The van der Waals surface area contributed by atoms with Crippen LogP contribution >= 0.6 is 11.6 Å². The van der Waals surface area contributed by atoms with Crippen molar-refractivity contribution >= 4 is 33.2 Å². The molecule has 0 aliphatic rings. The van der Waals surface area contributed by atoms with E-state index in [0.717, 1.165) is 16.9 Å². The normalized spacial score (nSPS) is 11.7. The average Bonchev–Trinajstić information content (AvgIpc) is 2.77. The molecule has 0 heterocycles. The van der Waals surface area contributed by atoms with E-state index in [9.17, 15) is 13.2 Å². The number of amides is 1. The molecule has 3 rings (SSSR count). The zero-order chi connectivity index (χ0) is 24.9. The third kappa shape index (κ3) is 6.52. The van der Waals surface area contributed by atoms with E-state index in [0.29, 0.717) is 0 Å². The van der Waals surface area contributed by atoms with Gasteiger partial charge < -0.3 is 10.1 Å². The molecule has 0 saturated carbocycles. The molecule has 3 aromatic carbocycles. The highest BCUT2D eigenvalue weighted by molar-refractivity contribution is 7.92. The molecule has 0 radical (unpaired) electrons. The first kappa shape index (κ1) is 25.6. The minimum absolute atomic E-state index is 0.0697. The second kappa shape index (κ2) is 10.5. The largest absolute Gasteiger partial charge is 0.491 e. The summed E-state index contributed by atoms with van der Waals surface area (Å²) in [4.78, 5) is 12.8. The van der Waals surface area contributed by atoms with Gasteiger partial charge in [-0.05, 0) is 54.3 Å². The molecular weight excluding hydrogens is 472 g/mol. The first-order chi connectivity index (χ1) is 16.0. The number of benzene rings is 3. The van der Waals surface area contributed by atoms with Crippen molar-refractivity contribution in [1.29, 1.82) is 0 Å². The zero-order valence-corrected chi connectivity index (χ0v) is 21.3. The first-order valence-corrected chi connectivity index (χ1v) is 12.7. The second-order valence-corrected chi connectivity index (χ2v) is 11.1. The van der Waals surface area contributed by atoms with Gasteiger partial charge in [-0.2, -0.15) is 0 Å². The Morgan fingerprint density at radius 3 is 2.35 bits per heavy atom. The quantitative estimate of drug-likeness (QED) is 0.397. The predicted octanol–water partition coefficient (Wildman–Crippen LogP) is 5.56. The molecular formula is C26H29ClN2O4S. The number of halogens is 1. The lowest BCUT2D eigenvalue weighted by Crippen LogP contribution is -2.28. The van der Waals surface area contributed by atoms with E-state index in [1.54, 1.807) is 12.1 Å². The van der Waals surface area contributed by atoms with Crippen LogP contribution in [0.3, 0.4) is 0 Å². The smallest absolute Gasteiger partial charge is 0.261 e. The van der Waals surface area contributed by atoms with Crippen LogP contribution in [0, 0.1) is 6.92 Å². The standard InChI is InChI=1S/C26H29ClN2O4S/c1-18-9-12-20(13-10-18)34(31,32)29-19-11-14-23(27)21(17-19)25(30)28-15-16-33-24-8-6-5-7-22(24)26(2,3)4/h5-14,17,29H,15-16H2,1-4H3,(H,28,30). The molecule has 3 aromatic rings. The van der Waals surface area contributed by atoms with E-state index in [1.165, 1.54) is 30.3 Å². The fourth-order valence-corrected chi connectivity index (χ4v) is 4.58. The molecule has 0 atom stereocenters. The van der Waals surface area contributed by atoms with Crippen molar-refractivity contribution in [3.63, 3.8) is 0 Å². The lowest BCUT2D eigenvalue weighted by atomic mass is 9.86. The molecule has 8 heteroatoms. The maximum absolute atomic E-state index is 12.7. The SMILES string of the molecule is Cc1ccc(S(=O)(=O)Nc2ccc(Cl)c(C(=O)NCCOc3ccccc3C(C)(C)C)c2)cc1. The van der Waals surface area contributed by atoms with E-state index in [2.05, 4.69) is 30.8 Å². The lowest BCUT2D eigenvalue weighted by Gasteiger charge is -2.22. The number of nitrogens with one attached hydrogen (secondary N) is 2. The van der Waals surface area contributed by atoms with Gasteiger partial charge >= 0.3 is 0 Å². The third-order valence-electron chi connectivity index (χ3n) is 5.13. The molecule has 2 N–H and O–H groups in total. The van der Waals surface area contributed by atoms with E-state index < -0.39 is 15.9 Å². The van der Waals surface area contributed by atoms with Crippen molar-refractivity contribution < 1.29 is 17.9 Å². The number of aryl methyl sites for hydroxylation is 1. The highest BCUT2D eigenvalue weighted by atomic mass is 35.5. The molecule has 0 aliphatic heterocycles. The van der Waals surface area contributed by atoms with Crippen molar-refractivity contribution in [3.8, 4) is 5.75 Å². The monoisotopic (exact) mass is 500 g/mol. The molecule has 6 nitrogen and oxygen atoms in total. The van der Waals surface area contributed by atoms with Crippen LogP contribution in [0.5, 0.6) is 5.75 Å². The van der Waals surface area contributed by atoms with Crippen LogP contribution in [0.2, 0.25) is 5.02 Å². The lowest BCUT2D eigenvalue weighted by molar-refractivity contribution is 0.0947. The fourth-order valence-electron chi connectivity index (χ4n) is 3.33. The summed E-state index contributed by atoms with van der Waals surface area (Å²) in [5, 5.41) is 2.99. The van der Waals surface area contributed by atoms with E-state index in [4.69, 9.17) is 16.3 Å². The Bertz CT molecular complexity index is 1270. The van der Waals surface area contributed by atoms with E-state index >= 15 is 0 Å². The Labute approximate surface area is 206 Å². The van der Waals surface area contributed by atoms with Crippen LogP contribution in [0.4, 0.5) is 5.69 Å². The minimum Gasteiger partial charge on any atom is -0.491 e. The molecule has 0 aliphatic carbocycles. The number of hydrogen-bond donors (Lipinski definition) is 2. The van der Waals surface area contributed by atoms with Gasteiger partial charge in [-0.15, -0.1) is 0 Å². The van der Waals surface area contributed by atoms with Gasteiger partial charge in [0.15, 0.2) is 0 Å². The number of anilines is 1. The Morgan fingerprint density at radius 2 is 1.68 bits per heavy atom. The van der Waals surface area contributed by atoms with E-state index in [-0.39, 0.29) is 39.7 Å². The molecule has 0 aromatic heterocycles. The number of ether oxygens (including phenoxy) is 1. The summed E-state index contributed by atoms with van der Waals surface area (Å²) >= 11 is 6.21. The number of para-hydroxylation sites is 1. The Hall–Kier alpha value is -3.03. The number of hydrogen-bond acceptors (Lipinski definition) is 4. The van der Waals surface area contributed by atoms with Crippen LogP contribution in [0.15, 0.2) is 71.6 Å². The molecule has 0 saturated heterocycles. The summed E-state index contributed by atoms with van der Waals surface area (Å²) < 4.78 is 33.7. The van der Waals surface area contributed by atoms with Gasteiger partial charge in [-0.3, -0.25) is 9.52 Å². The number of rotatable bonds is 8. The summed E-state index contributed by atoms with van der Waals surface area (Å²) in [5.74, 6) is 0.351. The van der Waals surface area contributed by atoms with Crippen molar-refractivity contribution in [2.75, 3.05) is 17.9 Å².